The first-order valence-electron chi connectivity index (χ1n) is 3.80. The summed E-state index contributed by atoms with van der Waals surface area (Å²) in [6.07, 6.45) is 5.90. The Morgan fingerprint density at radius 1 is 1.25 bits per heavy atom. The maximum atomic E-state index is 2.38. The lowest BCUT2D eigenvalue weighted by molar-refractivity contribution is 0.386. The van der Waals surface area contributed by atoms with E-state index in [9.17, 15) is 0 Å². The normalized spacial score (nSPS) is 39.6. The van der Waals surface area contributed by atoms with Crippen molar-refractivity contribution in [3.63, 3.8) is 0 Å². The molecular weight excluding hydrogens is 94.9 g/mol. The van der Waals surface area contributed by atoms with Gasteiger partial charge in [-0.15, -0.1) is 0 Å². The Morgan fingerprint density at radius 3 is 2.25 bits per heavy atom. The Hall–Kier alpha value is 0.0649. The van der Waals surface area contributed by atoms with E-state index in [4.69, 9.17) is 0 Å². The molecule has 1 aliphatic rings. The third-order valence-corrected chi connectivity index (χ3v) is 2.54. The minimum absolute atomic E-state index is 1.00. The molecule has 0 aromatic carbocycles. The Labute approximate surface area is 53.1 Å². The van der Waals surface area contributed by atoms with Crippen LogP contribution in [0.2, 0.25) is 5.82 Å². The van der Waals surface area contributed by atoms with Gasteiger partial charge in [0.15, 0.2) is 0 Å². The number of hydrogen-bond acceptors (Lipinski definition) is 0. The van der Waals surface area contributed by atoms with Crippen molar-refractivity contribution in [1.29, 1.82) is 0 Å². The van der Waals surface area contributed by atoms with Gasteiger partial charge < -0.3 is 0 Å². The molecule has 1 unspecified atom stereocenters. The molecule has 0 radical (unpaired) electrons. The lowest BCUT2D eigenvalue weighted by atomic mass is 9.69. The quantitative estimate of drug-likeness (QED) is 0.415. The fourth-order valence-corrected chi connectivity index (χ4v) is 1.50. The average molecular weight is 110 g/mol. The molecule has 0 aliphatic heterocycles. The summed E-state index contributed by atoms with van der Waals surface area (Å²) >= 11 is 0. The van der Waals surface area contributed by atoms with Crippen LogP contribution in [0.15, 0.2) is 0 Å². The maximum absolute atomic E-state index is 2.38. The first-order valence-corrected chi connectivity index (χ1v) is 3.80. The standard InChI is InChI=1S/C7H15B/c1-6-4-2-3-5-7(6)8/h6-7H,2-5,8H2,1H3/t6-,7?/m0/s1. The summed E-state index contributed by atoms with van der Waals surface area (Å²) in [5.41, 5.74) is 0. The van der Waals surface area contributed by atoms with Gasteiger partial charge in [-0.3, -0.25) is 0 Å². The first-order chi connectivity index (χ1) is 3.80. The molecule has 0 bridgehead atoms. The lowest BCUT2D eigenvalue weighted by Crippen LogP contribution is -2.10. The van der Waals surface area contributed by atoms with Crippen molar-refractivity contribution in [1.82, 2.24) is 0 Å². The van der Waals surface area contributed by atoms with Gasteiger partial charge in [0.25, 0.3) is 0 Å². The van der Waals surface area contributed by atoms with E-state index in [1.807, 2.05) is 0 Å². The van der Waals surface area contributed by atoms with Gasteiger partial charge in [-0.2, -0.15) is 0 Å². The van der Waals surface area contributed by atoms with Gasteiger partial charge in [-0.1, -0.05) is 38.4 Å². The van der Waals surface area contributed by atoms with E-state index in [2.05, 4.69) is 14.8 Å². The van der Waals surface area contributed by atoms with Crippen molar-refractivity contribution >= 4 is 7.85 Å². The Morgan fingerprint density at radius 2 is 1.88 bits per heavy atom. The molecule has 1 saturated carbocycles. The second-order valence-corrected chi connectivity index (χ2v) is 3.24. The number of hydrogen-bond donors (Lipinski definition) is 0. The van der Waals surface area contributed by atoms with Crippen LogP contribution < -0.4 is 0 Å². The first kappa shape index (κ1) is 6.19. The maximum Gasteiger partial charge on any atom is 0.105 e. The van der Waals surface area contributed by atoms with E-state index >= 15 is 0 Å². The van der Waals surface area contributed by atoms with Gasteiger partial charge in [0.05, 0.1) is 0 Å². The fraction of sp³-hybridized carbons (Fsp3) is 1.00. The summed E-state index contributed by atoms with van der Waals surface area (Å²) in [6, 6.07) is 0. The molecule has 1 heteroatoms. The minimum atomic E-state index is 1.00. The van der Waals surface area contributed by atoms with Gasteiger partial charge in [-0.05, 0) is 5.92 Å². The predicted octanol–water partition coefficient (Wildman–Crippen LogP) is 1.62. The van der Waals surface area contributed by atoms with Crippen molar-refractivity contribution in [3.8, 4) is 0 Å². The molecule has 0 amide bonds. The van der Waals surface area contributed by atoms with E-state index in [1.165, 1.54) is 25.7 Å². The SMILES string of the molecule is BC1CCCC[C@@H]1C. The summed E-state index contributed by atoms with van der Waals surface area (Å²) in [5.74, 6) is 2.01. The molecule has 1 rings (SSSR count). The summed E-state index contributed by atoms with van der Waals surface area (Å²) in [6.45, 7) is 2.38. The summed E-state index contributed by atoms with van der Waals surface area (Å²) < 4.78 is 0. The van der Waals surface area contributed by atoms with E-state index in [1.54, 1.807) is 0 Å². The molecule has 1 fully saturated rings. The topological polar surface area (TPSA) is 0 Å². The molecule has 1 aliphatic carbocycles. The van der Waals surface area contributed by atoms with E-state index < -0.39 is 0 Å². The van der Waals surface area contributed by atoms with Crippen LogP contribution in [0.25, 0.3) is 0 Å². The van der Waals surface area contributed by atoms with Gasteiger partial charge in [0, 0.05) is 0 Å². The van der Waals surface area contributed by atoms with Crippen LogP contribution in [0.3, 0.4) is 0 Å². The summed E-state index contributed by atoms with van der Waals surface area (Å²) in [7, 11) is 2.38. The average Bonchev–Trinajstić information content (AvgIpc) is 1.77. The molecule has 2 atom stereocenters. The largest absolute Gasteiger partial charge is 0.105 e. The highest BCUT2D eigenvalue weighted by Crippen LogP contribution is 2.31. The molecule has 0 nitrogen and oxygen atoms in total. The number of rotatable bonds is 0. The predicted molar refractivity (Wildman–Crippen MR) is 39.9 cm³/mol. The van der Waals surface area contributed by atoms with Crippen LogP contribution in [0.1, 0.15) is 32.6 Å². The molecule has 0 spiro atoms. The third kappa shape index (κ3) is 1.27. The highest BCUT2D eigenvalue weighted by molar-refractivity contribution is 6.11. The Bertz CT molecular complexity index is 60.8. The highest BCUT2D eigenvalue weighted by atomic mass is 14.2. The molecule has 0 heterocycles. The molecule has 0 aromatic rings. The lowest BCUT2D eigenvalue weighted by Gasteiger charge is -2.24. The van der Waals surface area contributed by atoms with Gasteiger partial charge in [0.2, 0.25) is 0 Å². The Balaban J connectivity index is 2.28. The van der Waals surface area contributed by atoms with Gasteiger partial charge >= 0.3 is 0 Å². The zero-order valence-corrected chi connectivity index (χ0v) is 5.98. The van der Waals surface area contributed by atoms with Crippen molar-refractivity contribution in [3.05, 3.63) is 0 Å². The molecular formula is C7H15B. The van der Waals surface area contributed by atoms with Crippen LogP contribution in [0.4, 0.5) is 0 Å². The summed E-state index contributed by atoms with van der Waals surface area (Å²) in [5, 5.41) is 0. The third-order valence-electron chi connectivity index (χ3n) is 2.54. The van der Waals surface area contributed by atoms with E-state index in [-0.39, 0.29) is 0 Å². The van der Waals surface area contributed by atoms with Crippen LogP contribution >= 0.6 is 0 Å². The smallest absolute Gasteiger partial charge is 0.0672 e. The molecule has 0 N–H and O–H groups in total. The second-order valence-electron chi connectivity index (χ2n) is 3.24. The van der Waals surface area contributed by atoms with Crippen LogP contribution in [-0.2, 0) is 0 Å². The van der Waals surface area contributed by atoms with Crippen molar-refractivity contribution < 1.29 is 0 Å². The van der Waals surface area contributed by atoms with Crippen molar-refractivity contribution in [2.75, 3.05) is 0 Å². The van der Waals surface area contributed by atoms with Crippen molar-refractivity contribution in [2.45, 2.75) is 38.4 Å². The minimum Gasteiger partial charge on any atom is -0.0672 e. The molecule has 0 saturated heterocycles. The van der Waals surface area contributed by atoms with Crippen LogP contribution in [0, 0.1) is 5.92 Å². The zero-order valence-electron chi connectivity index (χ0n) is 5.98. The zero-order chi connectivity index (χ0) is 5.98. The van der Waals surface area contributed by atoms with E-state index in [0.29, 0.717) is 0 Å². The van der Waals surface area contributed by atoms with Gasteiger partial charge in [0.1, 0.15) is 7.85 Å². The second kappa shape index (κ2) is 2.57. The Kier molecular flexibility index (Phi) is 1.98. The van der Waals surface area contributed by atoms with Crippen LogP contribution in [-0.4, -0.2) is 7.85 Å². The van der Waals surface area contributed by atoms with Crippen molar-refractivity contribution in [2.24, 2.45) is 5.92 Å². The van der Waals surface area contributed by atoms with Crippen LogP contribution in [0.5, 0.6) is 0 Å². The monoisotopic (exact) mass is 110 g/mol. The summed E-state index contributed by atoms with van der Waals surface area (Å²) in [4.78, 5) is 0. The molecule has 8 heavy (non-hydrogen) atoms. The molecule has 46 valence electrons. The highest BCUT2D eigenvalue weighted by Gasteiger charge is 2.15. The fourth-order valence-electron chi connectivity index (χ4n) is 1.50. The molecule has 0 aromatic heterocycles. The van der Waals surface area contributed by atoms with E-state index in [0.717, 1.165) is 11.7 Å². The van der Waals surface area contributed by atoms with Gasteiger partial charge in [-0.25, -0.2) is 0 Å².